The largest absolute Gasteiger partial charge is 3.00 e. The fourth-order valence-electron chi connectivity index (χ4n) is 4.01. The van der Waals surface area contributed by atoms with E-state index in [1.54, 1.807) is 0 Å². The van der Waals surface area contributed by atoms with E-state index in [9.17, 15) is 29.7 Å². The molecule has 0 amide bonds. The van der Waals surface area contributed by atoms with Gasteiger partial charge in [-0.2, -0.15) is 0 Å². The van der Waals surface area contributed by atoms with E-state index in [0.717, 1.165) is 77.0 Å². The molecule has 3 fully saturated rings. The molecule has 0 unspecified atom stereocenters. The molecule has 0 aromatic rings. The predicted octanol–water partition coefficient (Wildman–Crippen LogP) is 0.569. The zero-order valence-electron chi connectivity index (χ0n) is 16.9. The number of aliphatic carboxylic acids is 3. The van der Waals surface area contributed by atoms with E-state index in [1.807, 2.05) is 0 Å². The molecule has 0 aliphatic heterocycles. The second kappa shape index (κ2) is 15.9. The van der Waals surface area contributed by atoms with Crippen LogP contribution in [0.3, 0.4) is 0 Å². The summed E-state index contributed by atoms with van der Waals surface area (Å²) in [5.41, 5.74) is 0. The zero-order valence-corrected chi connectivity index (χ0v) is 19.3. The first-order valence-corrected chi connectivity index (χ1v) is 10.5. The van der Waals surface area contributed by atoms with Crippen LogP contribution in [0.15, 0.2) is 0 Å². The van der Waals surface area contributed by atoms with E-state index in [-0.39, 0.29) is 37.5 Å². The van der Waals surface area contributed by atoms with Crippen molar-refractivity contribution in [2.24, 2.45) is 17.8 Å². The van der Waals surface area contributed by atoms with Crippen molar-refractivity contribution < 1.29 is 29.7 Å². The Kier molecular flexibility index (Phi) is 15.4. The van der Waals surface area contributed by atoms with E-state index in [0.29, 0.717) is 0 Å². The summed E-state index contributed by atoms with van der Waals surface area (Å²) < 4.78 is 0. The summed E-state index contributed by atoms with van der Waals surface area (Å²) in [6, 6.07) is 0. The average Bonchev–Trinajstić information content (AvgIpc) is 2.71. The Morgan fingerprint density at radius 3 is 0.714 bits per heavy atom. The van der Waals surface area contributed by atoms with Gasteiger partial charge in [0.15, 0.2) is 0 Å². The van der Waals surface area contributed by atoms with Gasteiger partial charge in [0.2, 0.25) is 0 Å². The molecule has 0 spiro atoms. The number of hydrogen-bond acceptors (Lipinski definition) is 6. The summed E-state index contributed by atoms with van der Waals surface area (Å²) in [7, 11) is 0. The minimum atomic E-state index is -0.852. The van der Waals surface area contributed by atoms with Gasteiger partial charge in [-0.1, -0.05) is 57.8 Å². The van der Waals surface area contributed by atoms with Gasteiger partial charge in [0.05, 0.1) is 0 Å². The molecule has 6 nitrogen and oxygen atoms in total. The second-order valence-electron chi connectivity index (χ2n) is 7.96. The van der Waals surface area contributed by atoms with Crippen molar-refractivity contribution in [1.82, 2.24) is 0 Å². The van der Waals surface area contributed by atoms with Crippen molar-refractivity contribution in [2.75, 3.05) is 0 Å². The smallest absolute Gasteiger partial charge is 0.550 e. The molecular weight excluding hydrogens is 418 g/mol. The zero-order chi connectivity index (χ0) is 20.1. The van der Waals surface area contributed by atoms with Crippen molar-refractivity contribution in [1.29, 1.82) is 0 Å². The molecule has 0 saturated heterocycles. The van der Waals surface area contributed by atoms with Crippen molar-refractivity contribution in [3.05, 3.63) is 0 Å². The van der Waals surface area contributed by atoms with E-state index in [4.69, 9.17) is 0 Å². The minimum Gasteiger partial charge on any atom is -0.550 e. The van der Waals surface area contributed by atoms with Crippen LogP contribution in [0.4, 0.5) is 0 Å². The topological polar surface area (TPSA) is 120 Å². The second-order valence-corrected chi connectivity index (χ2v) is 7.96. The number of carboxylic acids is 3. The number of carbonyl (C=O) groups is 3. The number of rotatable bonds is 3. The molecule has 0 aromatic carbocycles. The van der Waals surface area contributed by atoms with Crippen LogP contribution in [-0.4, -0.2) is 37.7 Å². The average molecular weight is 451 g/mol. The maximum absolute atomic E-state index is 10.2. The molecule has 3 saturated carbocycles. The van der Waals surface area contributed by atoms with Gasteiger partial charge in [0.1, 0.15) is 0 Å². The molecule has 156 valence electrons. The van der Waals surface area contributed by atoms with Crippen molar-refractivity contribution >= 4 is 37.7 Å². The van der Waals surface area contributed by atoms with E-state index < -0.39 is 17.9 Å². The summed E-state index contributed by atoms with van der Waals surface area (Å²) in [6.45, 7) is 0. The third-order valence-corrected chi connectivity index (χ3v) is 5.82. The summed E-state index contributed by atoms with van der Waals surface area (Å²) in [4.78, 5) is 30.7. The number of hydrogen-bond donors (Lipinski definition) is 0. The fourth-order valence-corrected chi connectivity index (χ4v) is 4.01. The standard InChI is InChI=1S/3C7H12O2.Ga/c3*8-7(9)6-4-2-1-3-5-6;/h3*6H,1-5H2,(H,8,9);/q;;;+3/p-3. The summed E-state index contributed by atoms with van der Waals surface area (Å²) in [5, 5.41) is 30.7. The van der Waals surface area contributed by atoms with Crippen molar-refractivity contribution in [3.8, 4) is 0 Å². The van der Waals surface area contributed by atoms with Gasteiger partial charge in [-0.25, -0.2) is 0 Å². The van der Waals surface area contributed by atoms with Crippen LogP contribution < -0.4 is 15.3 Å². The first-order chi connectivity index (χ1) is 12.9. The molecule has 3 rings (SSSR count). The molecule has 0 atom stereocenters. The summed E-state index contributed by atoms with van der Waals surface area (Å²) >= 11 is 0. The van der Waals surface area contributed by atoms with Crippen molar-refractivity contribution in [3.63, 3.8) is 0 Å². The molecule has 3 aliphatic carbocycles. The maximum atomic E-state index is 10.2. The van der Waals surface area contributed by atoms with E-state index in [1.165, 1.54) is 19.3 Å². The van der Waals surface area contributed by atoms with Crippen LogP contribution in [0.1, 0.15) is 96.3 Å². The maximum Gasteiger partial charge on any atom is 3.00 e. The number of carboxylic acid groups (broad SMARTS) is 3. The van der Waals surface area contributed by atoms with Crippen LogP contribution >= 0.6 is 0 Å². The molecule has 0 radical (unpaired) electrons. The SMILES string of the molecule is O=C([O-])C1CCCCC1.O=C([O-])C1CCCCC1.O=C([O-])C1CCCCC1.[Ga+3]. The van der Waals surface area contributed by atoms with Gasteiger partial charge in [-0.05, 0) is 56.3 Å². The number of carbonyl (C=O) groups excluding carboxylic acids is 3. The first-order valence-electron chi connectivity index (χ1n) is 10.5. The summed E-state index contributed by atoms with van der Waals surface area (Å²) in [5.74, 6) is -2.98. The Morgan fingerprint density at radius 1 is 0.429 bits per heavy atom. The Balaban J connectivity index is 0.000000384. The molecule has 0 aromatic heterocycles. The molecule has 28 heavy (non-hydrogen) atoms. The van der Waals surface area contributed by atoms with Gasteiger partial charge in [0.25, 0.3) is 0 Å². The monoisotopic (exact) mass is 450 g/mol. The molecule has 3 aliphatic rings. The fraction of sp³-hybridized carbons (Fsp3) is 0.857. The minimum absolute atomic E-state index is 0. The Labute approximate surface area is 181 Å². The first kappa shape index (κ1) is 27.0. The van der Waals surface area contributed by atoms with E-state index in [2.05, 4.69) is 0 Å². The van der Waals surface area contributed by atoms with Crippen LogP contribution in [0.2, 0.25) is 0 Å². The van der Waals surface area contributed by atoms with Crippen LogP contribution in [0.25, 0.3) is 0 Å². The van der Waals surface area contributed by atoms with Gasteiger partial charge < -0.3 is 29.7 Å². The third-order valence-electron chi connectivity index (χ3n) is 5.82. The normalized spacial score (nSPS) is 21.0. The predicted molar refractivity (Wildman–Crippen MR) is 101 cm³/mol. The Morgan fingerprint density at radius 2 is 0.607 bits per heavy atom. The molecule has 0 N–H and O–H groups in total. The van der Waals surface area contributed by atoms with E-state index >= 15 is 0 Å². The van der Waals surface area contributed by atoms with Crippen molar-refractivity contribution in [2.45, 2.75) is 96.3 Å². The molecular formula is C21H33GaO6. The summed E-state index contributed by atoms with van der Waals surface area (Å²) in [6.07, 6.45) is 15.0. The van der Waals surface area contributed by atoms with Gasteiger partial charge >= 0.3 is 19.8 Å². The van der Waals surface area contributed by atoms with Crippen LogP contribution in [0.5, 0.6) is 0 Å². The van der Waals surface area contributed by atoms with Crippen LogP contribution in [-0.2, 0) is 14.4 Å². The Hall–Kier alpha value is -0.954. The molecule has 0 bridgehead atoms. The van der Waals surface area contributed by atoms with Crippen LogP contribution in [0, 0.1) is 17.8 Å². The van der Waals surface area contributed by atoms with Gasteiger partial charge in [-0.15, -0.1) is 0 Å². The molecule has 0 heterocycles. The third kappa shape index (κ3) is 11.8. The molecule has 7 heteroatoms. The van der Waals surface area contributed by atoms with Gasteiger partial charge in [-0.3, -0.25) is 0 Å². The van der Waals surface area contributed by atoms with Gasteiger partial charge in [0, 0.05) is 17.9 Å². The quantitative estimate of drug-likeness (QED) is 0.579. The Bertz CT molecular complexity index is 383.